The van der Waals surface area contributed by atoms with Crippen LogP contribution in [-0.4, -0.2) is 31.3 Å². The molecule has 7 heteroatoms. The molecule has 0 spiro atoms. The molecule has 0 radical (unpaired) electrons. The van der Waals surface area contributed by atoms with E-state index < -0.39 is 0 Å². The van der Waals surface area contributed by atoms with E-state index in [9.17, 15) is 0 Å². The lowest BCUT2D eigenvalue weighted by Crippen LogP contribution is -2.32. The molecule has 1 aliphatic heterocycles. The van der Waals surface area contributed by atoms with Crippen molar-refractivity contribution < 1.29 is 0 Å². The Kier molecular flexibility index (Phi) is 4.31. The minimum Gasteiger partial charge on any atom is -0.351 e. The lowest BCUT2D eigenvalue weighted by atomic mass is 9.93. The van der Waals surface area contributed by atoms with E-state index in [0.717, 1.165) is 42.0 Å². The van der Waals surface area contributed by atoms with Crippen molar-refractivity contribution in [1.82, 2.24) is 24.7 Å². The summed E-state index contributed by atoms with van der Waals surface area (Å²) in [5.41, 5.74) is 5.60. The van der Waals surface area contributed by atoms with Gasteiger partial charge in [0.15, 0.2) is 0 Å². The lowest BCUT2D eigenvalue weighted by molar-refractivity contribution is 0.289. The van der Waals surface area contributed by atoms with Crippen LogP contribution in [0.1, 0.15) is 47.9 Å². The lowest BCUT2D eigenvalue weighted by Gasteiger charge is -2.30. The first-order valence-corrected chi connectivity index (χ1v) is 10.2. The van der Waals surface area contributed by atoms with Gasteiger partial charge in [0.2, 0.25) is 0 Å². The Bertz CT molecular complexity index is 1040. The topological polar surface area (TPSA) is 59.7 Å². The Morgan fingerprint density at radius 3 is 2.75 bits per heavy atom. The molecule has 0 saturated heterocycles. The third kappa shape index (κ3) is 3.05. The fourth-order valence-electron chi connectivity index (χ4n) is 3.99. The van der Waals surface area contributed by atoms with E-state index in [2.05, 4.69) is 36.9 Å². The summed E-state index contributed by atoms with van der Waals surface area (Å²) >= 11 is 6.29. The Labute approximate surface area is 169 Å². The molecule has 0 atom stereocenters. The number of aryl methyl sites for hydroxylation is 1. The third-order valence-electron chi connectivity index (χ3n) is 5.90. The molecule has 0 bridgehead atoms. The Morgan fingerprint density at radius 1 is 1.11 bits per heavy atom. The summed E-state index contributed by atoms with van der Waals surface area (Å²) in [7, 11) is 0. The summed E-state index contributed by atoms with van der Waals surface area (Å²) in [4.78, 5) is 15.9. The van der Waals surface area contributed by atoms with E-state index >= 15 is 0 Å². The quantitative estimate of drug-likeness (QED) is 0.620. The summed E-state index contributed by atoms with van der Waals surface area (Å²) in [5.74, 6) is 1.62. The highest BCUT2D eigenvalue weighted by atomic mass is 35.5. The monoisotopic (exact) mass is 394 g/mol. The predicted molar refractivity (Wildman–Crippen MR) is 110 cm³/mol. The van der Waals surface area contributed by atoms with Crippen LogP contribution in [0.25, 0.3) is 11.1 Å². The fraction of sp³-hybridized carbons (Fsp3) is 0.429. The number of hydrogen-bond acceptors (Lipinski definition) is 5. The minimum absolute atomic E-state index is 0.531. The molecule has 6 nitrogen and oxygen atoms in total. The number of halogens is 1. The second-order valence-electron chi connectivity index (χ2n) is 7.81. The van der Waals surface area contributed by atoms with Crippen molar-refractivity contribution in [2.45, 2.75) is 52.1 Å². The van der Waals surface area contributed by atoms with Crippen LogP contribution in [0.5, 0.6) is 0 Å². The van der Waals surface area contributed by atoms with Crippen LogP contribution in [0.4, 0.5) is 5.82 Å². The van der Waals surface area contributed by atoms with E-state index in [1.165, 1.54) is 30.5 Å². The minimum atomic E-state index is 0.531. The van der Waals surface area contributed by atoms with E-state index in [4.69, 9.17) is 16.6 Å². The number of nitrogens with zero attached hydrogens (tertiary/aromatic N) is 6. The molecule has 0 amide bonds. The Balaban J connectivity index is 1.44. The van der Waals surface area contributed by atoms with Crippen LogP contribution >= 0.6 is 11.6 Å². The molecule has 144 valence electrons. The van der Waals surface area contributed by atoms with Crippen molar-refractivity contribution in [2.24, 2.45) is 0 Å². The smallest absolute Gasteiger partial charge is 0.137 e. The maximum absolute atomic E-state index is 6.29. The SMILES string of the molecule is Cc1nc(Cl)c(C)c(N2CCc3ncc(-c4cnn(C5CCC5)c4)cc3C2)n1. The summed E-state index contributed by atoms with van der Waals surface area (Å²) in [5, 5.41) is 5.10. The summed E-state index contributed by atoms with van der Waals surface area (Å²) in [6, 6.07) is 2.82. The number of pyridine rings is 1. The van der Waals surface area contributed by atoms with Gasteiger partial charge in [-0.05, 0) is 44.7 Å². The normalized spacial score (nSPS) is 16.8. The first-order chi connectivity index (χ1) is 13.6. The molecule has 2 aliphatic rings. The van der Waals surface area contributed by atoms with Crippen LogP contribution < -0.4 is 4.90 Å². The van der Waals surface area contributed by atoms with E-state index in [-0.39, 0.29) is 0 Å². The van der Waals surface area contributed by atoms with Gasteiger partial charge in [0, 0.05) is 54.3 Å². The highest BCUT2D eigenvalue weighted by Gasteiger charge is 2.23. The molecule has 0 N–H and O–H groups in total. The van der Waals surface area contributed by atoms with Gasteiger partial charge in [-0.3, -0.25) is 9.67 Å². The molecule has 1 aliphatic carbocycles. The van der Waals surface area contributed by atoms with E-state index in [1.807, 2.05) is 26.2 Å². The van der Waals surface area contributed by atoms with Gasteiger partial charge in [-0.15, -0.1) is 0 Å². The molecule has 4 heterocycles. The highest BCUT2D eigenvalue weighted by Crippen LogP contribution is 2.33. The maximum Gasteiger partial charge on any atom is 0.137 e. The highest BCUT2D eigenvalue weighted by molar-refractivity contribution is 6.30. The number of rotatable bonds is 3. The van der Waals surface area contributed by atoms with Crippen LogP contribution in [-0.2, 0) is 13.0 Å². The van der Waals surface area contributed by atoms with Gasteiger partial charge in [0.05, 0.1) is 12.2 Å². The summed E-state index contributed by atoms with van der Waals surface area (Å²) in [6.45, 7) is 5.52. The van der Waals surface area contributed by atoms with Gasteiger partial charge in [0.25, 0.3) is 0 Å². The van der Waals surface area contributed by atoms with Crippen molar-refractivity contribution in [3.05, 3.63) is 52.5 Å². The average molecular weight is 395 g/mol. The molecule has 0 unspecified atom stereocenters. The van der Waals surface area contributed by atoms with Crippen LogP contribution in [0.3, 0.4) is 0 Å². The Hall–Kier alpha value is -2.47. The van der Waals surface area contributed by atoms with Gasteiger partial charge < -0.3 is 4.90 Å². The van der Waals surface area contributed by atoms with Gasteiger partial charge in [-0.1, -0.05) is 11.6 Å². The first kappa shape index (κ1) is 17.6. The second-order valence-corrected chi connectivity index (χ2v) is 8.16. The van der Waals surface area contributed by atoms with Crippen LogP contribution in [0.15, 0.2) is 24.7 Å². The van der Waals surface area contributed by atoms with Gasteiger partial charge in [0.1, 0.15) is 16.8 Å². The molecular weight excluding hydrogens is 372 g/mol. The maximum atomic E-state index is 6.29. The number of fused-ring (bicyclic) bond motifs is 1. The third-order valence-corrected chi connectivity index (χ3v) is 6.26. The standard InChI is InChI=1S/C21H23ClN6/c1-13-20(22)25-14(2)26-21(13)27-7-6-19-16(11-27)8-15(9-23-19)17-10-24-28(12-17)18-4-3-5-18/h8-10,12,18H,3-7,11H2,1-2H3. The average Bonchev–Trinajstić information content (AvgIpc) is 3.11. The zero-order chi connectivity index (χ0) is 19.3. The summed E-state index contributed by atoms with van der Waals surface area (Å²) in [6.07, 6.45) is 10.8. The fourth-order valence-corrected chi connectivity index (χ4v) is 4.20. The molecule has 5 rings (SSSR count). The van der Waals surface area contributed by atoms with Crippen molar-refractivity contribution in [1.29, 1.82) is 0 Å². The van der Waals surface area contributed by atoms with Gasteiger partial charge in [-0.2, -0.15) is 5.10 Å². The predicted octanol–water partition coefficient (Wildman–Crippen LogP) is 4.29. The number of anilines is 1. The molecule has 3 aromatic heterocycles. The molecule has 1 fully saturated rings. The number of hydrogen-bond donors (Lipinski definition) is 0. The van der Waals surface area contributed by atoms with Gasteiger partial charge in [-0.25, -0.2) is 9.97 Å². The largest absolute Gasteiger partial charge is 0.351 e. The van der Waals surface area contributed by atoms with Crippen molar-refractivity contribution in [2.75, 3.05) is 11.4 Å². The molecule has 0 aromatic carbocycles. The summed E-state index contributed by atoms with van der Waals surface area (Å²) < 4.78 is 2.11. The first-order valence-electron chi connectivity index (χ1n) is 9.86. The number of aromatic nitrogens is 5. The molecule has 1 saturated carbocycles. The van der Waals surface area contributed by atoms with Crippen molar-refractivity contribution in [3.63, 3.8) is 0 Å². The van der Waals surface area contributed by atoms with Crippen LogP contribution in [0, 0.1) is 13.8 Å². The second kappa shape index (κ2) is 6.85. The van der Waals surface area contributed by atoms with Crippen molar-refractivity contribution in [3.8, 4) is 11.1 Å². The van der Waals surface area contributed by atoms with Crippen LogP contribution in [0.2, 0.25) is 5.15 Å². The van der Waals surface area contributed by atoms with E-state index in [0.29, 0.717) is 17.0 Å². The van der Waals surface area contributed by atoms with E-state index in [1.54, 1.807) is 0 Å². The zero-order valence-corrected chi connectivity index (χ0v) is 16.9. The van der Waals surface area contributed by atoms with Gasteiger partial charge >= 0.3 is 0 Å². The zero-order valence-electron chi connectivity index (χ0n) is 16.2. The Morgan fingerprint density at radius 2 is 1.96 bits per heavy atom. The van der Waals surface area contributed by atoms with Crippen molar-refractivity contribution >= 4 is 17.4 Å². The molecular formula is C21H23ClN6. The molecule has 3 aromatic rings. The molecule has 28 heavy (non-hydrogen) atoms.